The molecule has 0 unspecified atom stereocenters. The minimum absolute atomic E-state index is 0.209. The van der Waals surface area contributed by atoms with Crippen molar-refractivity contribution in [3.63, 3.8) is 0 Å². The van der Waals surface area contributed by atoms with Gasteiger partial charge in [-0.3, -0.25) is 4.79 Å². The third-order valence-electron chi connectivity index (χ3n) is 3.66. The lowest BCUT2D eigenvalue weighted by molar-refractivity contribution is 0.0353. The van der Waals surface area contributed by atoms with Crippen LogP contribution >= 0.6 is 0 Å². The molecule has 1 saturated carbocycles. The van der Waals surface area contributed by atoms with Crippen molar-refractivity contribution >= 4 is 5.78 Å². The van der Waals surface area contributed by atoms with Crippen LogP contribution in [0.3, 0.4) is 0 Å². The van der Waals surface area contributed by atoms with Gasteiger partial charge in [-0.05, 0) is 57.7 Å². The van der Waals surface area contributed by atoms with E-state index >= 15 is 0 Å². The molecule has 0 amide bonds. The van der Waals surface area contributed by atoms with E-state index in [1.165, 1.54) is 0 Å². The Morgan fingerprint density at radius 2 is 1.75 bits per heavy atom. The Balaban J connectivity index is 2.28. The fourth-order valence-electron chi connectivity index (χ4n) is 2.65. The highest BCUT2D eigenvalue weighted by molar-refractivity contribution is 6.03. The molecule has 0 saturated heterocycles. The minimum atomic E-state index is -1.20. The second kappa shape index (κ2) is 6.27. The molecule has 110 valence electrons. The predicted molar refractivity (Wildman–Crippen MR) is 76.5 cm³/mol. The first-order valence-electron chi connectivity index (χ1n) is 7.27. The van der Waals surface area contributed by atoms with Gasteiger partial charge in [0.15, 0.2) is 17.3 Å². The van der Waals surface area contributed by atoms with Gasteiger partial charge >= 0.3 is 0 Å². The zero-order valence-corrected chi connectivity index (χ0v) is 12.1. The van der Waals surface area contributed by atoms with Gasteiger partial charge in [0, 0.05) is 5.56 Å². The number of hydrogen-bond acceptors (Lipinski definition) is 4. The summed E-state index contributed by atoms with van der Waals surface area (Å²) in [5.74, 6) is 0.977. The molecular formula is C16H22O4. The van der Waals surface area contributed by atoms with Crippen molar-refractivity contribution in [2.45, 2.75) is 45.1 Å². The van der Waals surface area contributed by atoms with E-state index in [9.17, 15) is 9.90 Å². The molecular weight excluding hydrogens is 256 g/mol. The summed E-state index contributed by atoms with van der Waals surface area (Å²) in [6.07, 6.45) is 2.89. The minimum Gasteiger partial charge on any atom is -0.490 e. The first-order chi connectivity index (χ1) is 9.60. The summed E-state index contributed by atoms with van der Waals surface area (Å²) >= 11 is 0. The molecule has 4 nitrogen and oxygen atoms in total. The normalized spacial score (nSPS) is 16.9. The highest BCUT2D eigenvalue weighted by atomic mass is 16.5. The number of ether oxygens (including phenoxy) is 2. The van der Waals surface area contributed by atoms with Crippen LogP contribution in [0.1, 0.15) is 49.9 Å². The zero-order valence-electron chi connectivity index (χ0n) is 12.1. The Morgan fingerprint density at radius 3 is 2.35 bits per heavy atom. The van der Waals surface area contributed by atoms with E-state index < -0.39 is 5.60 Å². The van der Waals surface area contributed by atoms with E-state index in [4.69, 9.17) is 9.47 Å². The molecule has 1 aromatic carbocycles. The predicted octanol–water partition coefficient (Wildman–Crippen LogP) is 2.97. The zero-order chi connectivity index (χ0) is 14.6. The molecule has 4 heteroatoms. The lowest BCUT2D eigenvalue weighted by Crippen LogP contribution is -2.35. The number of Topliss-reactive ketones (excluding diaryl/α,β-unsaturated/α-hetero) is 1. The molecule has 0 heterocycles. The number of carbonyl (C=O) groups is 1. The Labute approximate surface area is 119 Å². The summed E-state index contributed by atoms with van der Waals surface area (Å²) in [6, 6.07) is 5.11. The Bertz CT molecular complexity index is 475. The molecule has 2 rings (SSSR count). The SMILES string of the molecule is CCOc1ccc(C(=O)C2(O)CCCC2)cc1OCC. The number of rotatable bonds is 6. The van der Waals surface area contributed by atoms with Crippen LogP contribution in [0, 0.1) is 0 Å². The van der Waals surface area contributed by atoms with E-state index in [2.05, 4.69) is 0 Å². The fourth-order valence-corrected chi connectivity index (χ4v) is 2.65. The van der Waals surface area contributed by atoms with Crippen molar-refractivity contribution in [3.8, 4) is 11.5 Å². The molecule has 0 bridgehead atoms. The van der Waals surface area contributed by atoms with Gasteiger partial charge < -0.3 is 14.6 Å². The summed E-state index contributed by atoms with van der Waals surface area (Å²) < 4.78 is 11.0. The van der Waals surface area contributed by atoms with Gasteiger partial charge in [-0.15, -0.1) is 0 Å². The molecule has 1 aliphatic rings. The van der Waals surface area contributed by atoms with Crippen molar-refractivity contribution in [2.24, 2.45) is 0 Å². The lowest BCUT2D eigenvalue weighted by atomic mass is 9.91. The summed E-state index contributed by atoms with van der Waals surface area (Å²) in [7, 11) is 0. The standard InChI is InChI=1S/C16H22O4/c1-3-19-13-8-7-12(11-14(13)20-4-2)15(17)16(18)9-5-6-10-16/h7-8,11,18H,3-6,9-10H2,1-2H3. The molecule has 0 radical (unpaired) electrons. The van der Waals surface area contributed by atoms with Crippen LogP contribution in [0.25, 0.3) is 0 Å². The topological polar surface area (TPSA) is 55.8 Å². The van der Waals surface area contributed by atoms with Gasteiger partial charge in [-0.25, -0.2) is 0 Å². The molecule has 0 aromatic heterocycles. The van der Waals surface area contributed by atoms with Gasteiger partial charge in [0.2, 0.25) is 0 Å². The van der Waals surface area contributed by atoms with Gasteiger partial charge in [0.1, 0.15) is 5.60 Å². The maximum atomic E-state index is 12.4. The number of aliphatic hydroxyl groups is 1. The molecule has 0 aliphatic heterocycles. The van der Waals surface area contributed by atoms with Crippen molar-refractivity contribution in [3.05, 3.63) is 23.8 Å². The maximum Gasteiger partial charge on any atom is 0.194 e. The van der Waals surface area contributed by atoms with E-state index in [1.54, 1.807) is 18.2 Å². The largest absolute Gasteiger partial charge is 0.490 e. The molecule has 1 N–H and O–H groups in total. The Kier molecular flexibility index (Phi) is 4.65. The maximum absolute atomic E-state index is 12.4. The molecule has 0 atom stereocenters. The Hall–Kier alpha value is -1.55. The highest BCUT2D eigenvalue weighted by Crippen LogP contribution is 2.35. The van der Waals surface area contributed by atoms with E-state index in [1.807, 2.05) is 13.8 Å². The van der Waals surface area contributed by atoms with Crippen LogP contribution < -0.4 is 9.47 Å². The second-order valence-corrected chi connectivity index (χ2v) is 5.10. The number of hydrogen-bond donors (Lipinski definition) is 1. The van der Waals surface area contributed by atoms with Crippen LogP contribution in [0.15, 0.2) is 18.2 Å². The number of benzene rings is 1. The highest BCUT2D eigenvalue weighted by Gasteiger charge is 2.39. The third kappa shape index (κ3) is 2.96. The van der Waals surface area contributed by atoms with E-state index in [-0.39, 0.29) is 5.78 Å². The Morgan fingerprint density at radius 1 is 1.15 bits per heavy atom. The monoisotopic (exact) mass is 278 g/mol. The second-order valence-electron chi connectivity index (χ2n) is 5.10. The average molecular weight is 278 g/mol. The van der Waals surface area contributed by atoms with Crippen LogP contribution in [0.2, 0.25) is 0 Å². The van der Waals surface area contributed by atoms with Gasteiger partial charge in [-0.2, -0.15) is 0 Å². The van der Waals surface area contributed by atoms with Crippen molar-refractivity contribution in [1.82, 2.24) is 0 Å². The fraction of sp³-hybridized carbons (Fsp3) is 0.562. The number of carbonyl (C=O) groups excluding carboxylic acids is 1. The van der Waals surface area contributed by atoms with Gasteiger partial charge in [0.25, 0.3) is 0 Å². The molecule has 1 aliphatic carbocycles. The average Bonchev–Trinajstić information content (AvgIpc) is 2.89. The van der Waals surface area contributed by atoms with E-state index in [0.717, 1.165) is 12.8 Å². The first-order valence-corrected chi connectivity index (χ1v) is 7.27. The van der Waals surface area contributed by atoms with Crippen molar-refractivity contribution in [1.29, 1.82) is 0 Å². The summed E-state index contributed by atoms with van der Waals surface area (Å²) in [5.41, 5.74) is -0.710. The molecule has 1 aromatic rings. The third-order valence-corrected chi connectivity index (χ3v) is 3.66. The lowest BCUT2D eigenvalue weighted by Gasteiger charge is -2.21. The molecule has 1 fully saturated rings. The van der Waals surface area contributed by atoms with Crippen LogP contribution in [-0.2, 0) is 0 Å². The van der Waals surface area contributed by atoms with Crippen molar-refractivity contribution < 1.29 is 19.4 Å². The van der Waals surface area contributed by atoms with Crippen molar-refractivity contribution in [2.75, 3.05) is 13.2 Å². The van der Waals surface area contributed by atoms with Crippen LogP contribution in [0.5, 0.6) is 11.5 Å². The molecule has 20 heavy (non-hydrogen) atoms. The van der Waals surface area contributed by atoms with Gasteiger partial charge in [-0.1, -0.05) is 0 Å². The van der Waals surface area contributed by atoms with Crippen LogP contribution in [0.4, 0.5) is 0 Å². The molecule has 0 spiro atoms. The number of ketones is 1. The summed E-state index contributed by atoms with van der Waals surface area (Å²) in [6.45, 7) is 4.82. The van der Waals surface area contributed by atoms with E-state index in [0.29, 0.717) is 43.1 Å². The first kappa shape index (κ1) is 14.9. The summed E-state index contributed by atoms with van der Waals surface area (Å²) in [4.78, 5) is 12.4. The van der Waals surface area contributed by atoms with Gasteiger partial charge in [0.05, 0.1) is 13.2 Å². The quantitative estimate of drug-likeness (QED) is 0.813. The smallest absolute Gasteiger partial charge is 0.194 e. The van der Waals surface area contributed by atoms with Crippen LogP contribution in [-0.4, -0.2) is 29.7 Å². The summed E-state index contributed by atoms with van der Waals surface area (Å²) in [5, 5.41) is 10.4.